The topological polar surface area (TPSA) is 51.0 Å². The molecule has 0 saturated heterocycles. The van der Waals surface area contributed by atoms with Gasteiger partial charge in [0.05, 0.1) is 6.42 Å². The Morgan fingerprint density at radius 1 is 1.41 bits per heavy atom. The standard InChI is InChI=1S/C11H11ClN4O/c1-15-2-3-16-8(5-9(15)17)4-7-6-13-11(12)14-10(7)16/h4,6H,2-3,5H2,1H3. The van der Waals surface area contributed by atoms with Gasteiger partial charge in [0.2, 0.25) is 11.2 Å². The maximum Gasteiger partial charge on any atom is 0.228 e. The normalized spacial score (nSPS) is 16.1. The third kappa shape index (κ3) is 1.67. The van der Waals surface area contributed by atoms with Crippen LogP contribution in [0.2, 0.25) is 5.28 Å². The lowest BCUT2D eigenvalue weighted by Crippen LogP contribution is -2.27. The number of aromatic nitrogens is 3. The lowest BCUT2D eigenvalue weighted by Gasteiger charge is -2.12. The van der Waals surface area contributed by atoms with E-state index in [2.05, 4.69) is 9.97 Å². The van der Waals surface area contributed by atoms with Gasteiger partial charge in [-0.1, -0.05) is 0 Å². The molecule has 0 unspecified atom stereocenters. The van der Waals surface area contributed by atoms with Gasteiger partial charge in [-0.3, -0.25) is 4.79 Å². The van der Waals surface area contributed by atoms with Crippen LogP contribution < -0.4 is 0 Å². The van der Waals surface area contributed by atoms with Crippen LogP contribution in [0.3, 0.4) is 0 Å². The first-order valence-electron chi connectivity index (χ1n) is 5.40. The van der Waals surface area contributed by atoms with Crippen LogP contribution in [0.4, 0.5) is 0 Å². The van der Waals surface area contributed by atoms with Crippen molar-refractivity contribution in [2.45, 2.75) is 13.0 Å². The first-order valence-corrected chi connectivity index (χ1v) is 5.77. The molecule has 0 radical (unpaired) electrons. The smallest absolute Gasteiger partial charge is 0.228 e. The Kier molecular flexibility index (Phi) is 2.29. The number of rotatable bonds is 0. The predicted octanol–water partition coefficient (Wildman–Crippen LogP) is 1.10. The molecule has 0 aliphatic carbocycles. The molecule has 6 heteroatoms. The van der Waals surface area contributed by atoms with E-state index < -0.39 is 0 Å². The number of likely N-dealkylation sites (N-methyl/N-ethyl adjacent to an activating group) is 1. The highest BCUT2D eigenvalue weighted by Gasteiger charge is 2.20. The minimum Gasteiger partial charge on any atom is -0.344 e. The second-order valence-electron chi connectivity index (χ2n) is 4.20. The second kappa shape index (κ2) is 3.70. The molecular weight excluding hydrogens is 240 g/mol. The van der Waals surface area contributed by atoms with Crippen LogP contribution in [0.25, 0.3) is 11.0 Å². The van der Waals surface area contributed by atoms with Crippen molar-refractivity contribution in [1.29, 1.82) is 0 Å². The third-order valence-corrected chi connectivity index (χ3v) is 3.29. The van der Waals surface area contributed by atoms with Crippen LogP contribution in [0.5, 0.6) is 0 Å². The Balaban J connectivity index is 2.18. The average Bonchev–Trinajstić information content (AvgIpc) is 2.55. The lowest BCUT2D eigenvalue weighted by molar-refractivity contribution is -0.128. The number of fused-ring (bicyclic) bond motifs is 3. The van der Waals surface area contributed by atoms with Gasteiger partial charge in [-0.2, -0.15) is 4.98 Å². The fourth-order valence-electron chi connectivity index (χ4n) is 2.13. The van der Waals surface area contributed by atoms with Gasteiger partial charge >= 0.3 is 0 Å². The number of carbonyl (C=O) groups is 1. The monoisotopic (exact) mass is 250 g/mol. The predicted molar refractivity (Wildman–Crippen MR) is 63.9 cm³/mol. The van der Waals surface area contributed by atoms with Crippen LogP contribution >= 0.6 is 11.6 Å². The number of hydrogen-bond acceptors (Lipinski definition) is 3. The maximum atomic E-state index is 11.8. The van der Waals surface area contributed by atoms with Crippen LogP contribution in [-0.4, -0.2) is 38.9 Å². The van der Waals surface area contributed by atoms with E-state index in [9.17, 15) is 4.79 Å². The largest absolute Gasteiger partial charge is 0.344 e. The number of hydrogen-bond donors (Lipinski definition) is 0. The molecule has 0 spiro atoms. The summed E-state index contributed by atoms with van der Waals surface area (Å²) < 4.78 is 2.05. The Morgan fingerprint density at radius 2 is 2.24 bits per heavy atom. The molecule has 3 heterocycles. The van der Waals surface area contributed by atoms with Gasteiger partial charge in [0.25, 0.3) is 0 Å². The minimum atomic E-state index is 0.130. The van der Waals surface area contributed by atoms with Crippen LogP contribution in [0, 0.1) is 0 Å². The zero-order chi connectivity index (χ0) is 12.0. The zero-order valence-electron chi connectivity index (χ0n) is 9.35. The van der Waals surface area contributed by atoms with Crippen molar-refractivity contribution in [3.05, 3.63) is 23.2 Å². The minimum absolute atomic E-state index is 0.130. The Morgan fingerprint density at radius 3 is 3.06 bits per heavy atom. The van der Waals surface area contributed by atoms with E-state index in [0.717, 1.165) is 23.3 Å². The molecule has 0 N–H and O–H groups in total. The molecule has 0 saturated carbocycles. The molecule has 2 aromatic heterocycles. The van der Waals surface area contributed by atoms with E-state index in [-0.39, 0.29) is 11.2 Å². The highest BCUT2D eigenvalue weighted by atomic mass is 35.5. The molecule has 0 atom stereocenters. The summed E-state index contributed by atoms with van der Waals surface area (Å²) in [6.45, 7) is 1.44. The van der Waals surface area contributed by atoms with Crippen molar-refractivity contribution < 1.29 is 4.79 Å². The molecule has 1 amide bonds. The van der Waals surface area contributed by atoms with Crippen LogP contribution in [-0.2, 0) is 17.8 Å². The number of halogens is 1. The Labute approximate surface area is 103 Å². The molecule has 0 fully saturated rings. The van der Waals surface area contributed by atoms with E-state index >= 15 is 0 Å². The summed E-state index contributed by atoms with van der Waals surface area (Å²) in [6, 6.07) is 1.96. The van der Waals surface area contributed by atoms with Gasteiger partial charge in [-0.15, -0.1) is 0 Å². The summed E-state index contributed by atoms with van der Waals surface area (Å²) in [6.07, 6.45) is 2.10. The van der Waals surface area contributed by atoms with Crippen LogP contribution in [0.1, 0.15) is 5.69 Å². The lowest BCUT2D eigenvalue weighted by atomic mass is 10.3. The van der Waals surface area contributed by atoms with Crippen LogP contribution in [0.15, 0.2) is 12.3 Å². The molecule has 17 heavy (non-hydrogen) atoms. The Bertz CT molecular complexity index is 607. The molecule has 0 bridgehead atoms. The highest BCUT2D eigenvalue weighted by molar-refractivity contribution is 6.28. The summed E-state index contributed by atoms with van der Waals surface area (Å²) in [5.74, 6) is 0.130. The SMILES string of the molecule is CN1CCn2c(cc3cnc(Cl)nc32)CC1=O. The van der Waals surface area contributed by atoms with Crippen molar-refractivity contribution in [3.8, 4) is 0 Å². The molecule has 3 rings (SSSR count). The van der Waals surface area contributed by atoms with E-state index in [0.29, 0.717) is 13.0 Å². The first-order chi connectivity index (χ1) is 8.15. The van der Waals surface area contributed by atoms with Crippen molar-refractivity contribution in [1.82, 2.24) is 19.4 Å². The van der Waals surface area contributed by atoms with Gasteiger partial charge in [0.15, 0.2) is 0 Å². The summed E-state index contributed by atoms with van der Waals surface area (Å²) in [5.41, 5.74) is 1.79. The molecular formula is C11H11ClN4O. The van der Waals surface area contributed by atoms with Gasteiger partial charge < -0.3 is 9.47 Å². The fourth-order valence-corrected chi connectivity index (χ4v) is 2.26. The molecule has 1 aliphatic rings. The Hall–Kier alpha value is -1.62. The van der Waals surface area contributed by atoms with Gasteiger partial charge in [-0.25, -0.2) is 4.98 Å². The summed E-state index contributed by atoms with van der Waals surface area (Å²) in [4.78, 5) is 21.7. The maximum absolute atomic E-state index is 11.8. The highest BCUT2D eigenvalue weighted by Crippen LogP contribution is 2.21. The molecule has 1 aliphatic heterocycles. The molecule has 5 nitrogen and oxygen atoms in total. The number of amides is 1. The number of nitrogens with zero attached hydrogens (tertiary/aromatic N) is 4. The van der Waals surface area contributed by atoms with Crippen molar-refractivity contribution in [2.75, 3.05) is 13.6 Å². The average molecular weight is 251 g/mol. The third-order valence-electron chi connectivity index (χ3n) is 3.11. The van der Waals surface area contributed by atoms with Gasteiger partial charge in [0.1, 0.15) is 5.65 Å². The molecule has 0 aromatic carbocycles. The number of carbonyl (C=O) groups excluding carboxylic acids is 1. The quantitative estimate of drug-likeness (QED) is 0.658. The van der Waals surface area contributed by atoms with Crippen molar-refractivity contribution >= 4 is 28.5 Å². The van der Waals surface area contributed by atoms with E-state index in [1.54, 1.807) is 11.1 Å². The van der Waals surface area contributed by atoms with Crippen molar-refractivity contribution in [2.24, 2.45) is 0 Å². The van der Waals surface area contributed by atoms with E-state index in [1.807, 2.05) is 17.7 Å². The second-order valence-corrected chi connectivity index (χ2v) is 4.54. The molecule has 88 valence electrons. The zero-order valence-corrected chi connectivity index (χ0v) is 10.1. The van der Waals surface area contributed by atoms with E-state index in [1.165, 1.54) is 0 Å². The van der Waals surface area contributed by atoms with Crippen molar-refractivity contribution in [3.63, 3.8) is 0 Å². The van der Waals surface area contributed by atoms with Gasteiger partial charge in [-0.05, 0) is 17.7 Å². The van der Waals surface area contributed by atoms with E-state index in [4.69, 9.17) is 11.6 Å². The molecule has 2 aromatic rings. The summed E-state index contributed by atoms with van der Waals surface area (Å²) in [5, 5.41) is 1.17. The van der Waals surface area contributed by atoms with Gasteiger partial charge in [0, 0.05) is 37.4 Å². The first kappa shape index (κ1) is 10.5. The summed E-state index contributed by atoms with van der Waals surface area (Å²) >= 11 is 5.80. The summed E-state index contributed by atoms with van der Waals surface area (Å²) in [7, 11) is 1.82. The fraction of sp³-hybridized carbons (Fsp3) is 0.364.